The van der Waals surface area contributed by atoms with Gasteiger partial charge in [0, 0.05) is 29.0 Å². The quantitative estimate of drug-likeness (QED) is 0.391. The van der Waals surface area contributed by atoms with Gasteiger partial charge in [0.25, 0.3) is 0 Å². The summed E-state index contributed by atoms with van der Waals surface area (Å²) in [7, 11) is 0. The van der Waals surface area contributed by atoms with Crippen molar-refractivity contribution in [2.45, 2.75) is 53.2 Å². The highest BCUT2D eigenvalue weighted by Crippen LogP contribution is 2.26. The van der Waals surface area contributed by atoms with Crippen LogP contribution in [0, 0.1) is 11.3 Å². The largest absolute Gasteiger partial charge is 0.350 e. The summed E-state index contributed by atoms with van der Waals surface area (Å²) in [4.78, 5) is 28.5. The van der Waals surface area contributed by atoms with E-state index in [9.17, 15) is 9.59 Å². The third-order valence-corrected chi connectivity index (χ3v) is 6.37. The molecule has 0 spiro atoms. The van der Waals surface area contributed by atoms with E-state index in [-0.39, 0.29) is 23.6 Å². The van der Waals surface area contributed by atoms with Crippen molar-refractivity contribution >= 4 is 46.6 Å². The van der Waals surface area contributed by atoms with E-state index in [1.807, 2.05) is 38.1 Å². The van der Waals surface area contributed by atoms with E-state index in [4.69, 9.17) is 34.8 Å². The fraction of sp³-hybridized carbons (Fsp3) is 0.440. The van der Waals surface area contributed by atoms with Gasteiger partial charge in [0.15, 0.2) is 0 Å². The highest BCUT2D eigenvalue weighted by Gasteiger charge is 2.38. The standard InChI is InChI=1S/C25H31Cl3N2O2/c1-17(2)13-22(23(31)29-14-18-5-9-20(27)10-6-18)30(24(32)25(3,4)16-26)15-19-7-11-21(28)12-8-19/h5-12,17,22H,13-16H2,1-4H3,(H,29,31). The lowest BCUT2D eigenvalue weighted by Crippen LogP contribution is -2.53. The number of alkyl halides is 1. The van der Waals surface area contributed by atoms with E-state index in [0.29, 0.717) is 29.6 Å². The van der Waals surface area contributed by atoms with E-state index in [1.165, 1.54) is 0 Å². The lowest BCUT2D eigenvalue weighted by Gasteiger charge is -2.37. The Balaban J connectivity index is 2.32. The third kappa shape index (κ3) is 7.68. The molecule has 2 amide bonds. The Labute approximate surface area is 206 Å². The maximum Gasteiger partial charge on any atom is 0.243 e. The number of carbonyl (C=O) groups is 2. The topological polar surface area (TPSA) is 49.4 Å². The van der Waals surface area contributed by atoms with Gasteiger partial charge in [-0.05, 0) is 61.6 Å². The van der Waals surface area contributed by atoms with Crippen molar-refractivity contribution in [1.29, 1.82) is 0 Å². The Morgan fingerprint density at radius 2 is 1.44 bits per heavy atom. The van der Waals surface area contributed by atoms with Gasteiger partial charge in [-0.3, -0.25) is 9.59 Å². The Morgan fingerprint density at radius 3 is 1.91 bits per heavy atom. The predicted octanol–water partition coefficient (Wildman–Crippen LogP) is 6.32. The van der Waals surface area contributed by atoms with E-state index >= 15 is 0 Å². The molecule has 0 heterocycles. The van der Waals surface area contributed by atoms with Gasteiger partial charge in [-0.1, -0.05) is 61.3 Å². The fourth-order valence-corrected chi connectivity index (χ4v) is 3.65. The van der Waals surface area contributed by atoms with E-state index in [2.05, 4.69) is 5.32 Å². The number of halogens is 3. The molecule has 1 atom stereocenters. The van der Waals surface area contributed by atoms with Crippen molar-refractivity contribution < 1.29 is 9.59 Å². The van der Waals surface area contributed by atoms with Gasteiger partial charge < -0.3 is 10.2 Å². The van der Waals surface area contributed by atoms with Gasteiger partial charge in [-0.15, -0.1) is 11.6 Å². The highest BCUT2D eigenvalue weighted by atomic mass is 35.5. The second kappa shape index (κ2) is 11.9. The molecule has 0 aromatic heterocycles. The SMILES string of the molecule is CC(C)CC(C(=O)NCc1ccc(Cl)cc1)N(Cc1ccc(Cl)cc1)C(=O)C(C)(C)CCl. The second-order valence-corrected chi connectivity index (χ2v) is 10.2. The predicted molar refractivity (Wildman–Crippen MR) is 133 cm³/mol. The summed E-state index contributed by atoms with van der Waals surface area (Å²) in [6, 6.07) is 14.0. The van der Waals surface area contributed by atoms with Crippen LogP contribution in [0.1, 0.15) is 45.2 Å². The van der Waals surface area contributed by atoms with Crippen LogP contribution in [0.3, 0.4) is 0 Å². The van der Waals surface area contributed by atoms with Crippen LogP contribution in [-0.2, 0) is 22.7 Å². The van der Waals surface area contributed by atoms with Crippen molar-refractivity contribution in [1.82, 2.24) is 10.2 Å². The molecule has 2 aromatic carbocycles. The minimum absolute atomic E-state index is 0.156. The summed E-state index contributed by atoms with van der Waals surface area (Å²) in [5.41, 5.74) is 1.02. The summed E-state index contributed by atoms with van der Waals surface area (Å²) in [5, 5.41) is 4.25. The molecule has 0 fully saturated rings. The molecule has 0 radical (unpaired) electrons. The van der Waals surface area contributed by atoms with Crippen LogP contribution < -0.4 is 5.32 Å². The number of hydrogen-bond donors (Lipinski definition) is 1. The van der Waals surface area contributed by atoms with Crippen molar-refractivity contribution in [3.8, 4) is 0 Å². The normalized spacial score (nSPS) is 12.5. The van der Waals surface area contributed by atoms with E-state index in [1.54, 1.807) is 43.0 Å². The van der Waals surface area contributed by atoms with Crippen molar-refractivity contribution in [2.24, 2.45) is 11.3 Å². The van der Waals surface area contributed by atoms with Crippen molar-refractivity contribution in [2.75, 3.05) is 5.88 Å². The van der Waals surface area contributed by atoms with Gasteiger partial charge >= 0.3 is 0 Å². The van der Waals surface area contributed by atoms with Gasteiger partial charge in [0.1, 0.15) is 6.04 Å². The Bertz CT molecular complexity index is 896. The van der Waals surface area contributed by atoms with Gasteiger partial charge in [0.2, 0.25) is 11.8 Å². The Kier molecular flexibility index (Phi) is 9.87. The second-order valence-electron chi connectivity index (χ2n) is 9.07. The maximum atomic E-state index is 13.5. The van der Waals surface area contributed by atoms with E-state index < -0.39 is 11.5 Å². The summed E-state index contributed by atoms with van der Waals surface area (Å²) < 4.78 is 0. The minimum Gasteiger partial charge on any atom is -0.350 e. The molecule has 0 aliphatic rings. The molecule has 0 saturated heterocycles. The molecule has 0 aliphatic carbocycles. The highest BCUT2D eigenvalue weighted by molar-refractivity contribution is 6.30. The van der Waals surface area contributed by atoms with Crippen LogP contribution in [-0.4, -0.2) is 28.6 Å². The lowest BCUT2D eigenvalue weighted by molar-refractivity contribution is -0.148. The molecular weight excluding hydrogens is 467 g/mol. The summed E-state index contributed by atoms with van der Waals surface area (Å²) in [6.45, 7) is 8.33. The van der Waals surface area contributed by atoms with E-state index in [0.717, 1.165) is 11.1 Å². The maximum absolute atomic E-state index is 13.5. The molecule has 32 heavy (non-hydrogen) atoms. The molecule has 1 unspecified atom stereocenters. The zero-order chi connectivity index (χ0) is 23.9. The Hall–Kier alpha value is -1.75. The Morgan fingerprint density at radius 1 is 0.938 bits per heavy atom. The lowest BCUT2D eigenvalue weighted by atomic mass is 9.91. The monoisotopic (exact) mass is 496 g/mol. The third-order valence-electron chi connectivity index (χ3n) is 5.19. The smallest absolute Gasteiger partial charge is 0.243 e. The summed E-state index contributed by atoms with van der Waals surface area (Å²) in [6.07, 6.45) is 0.532. The van der Waals surface area contributed by atoms with Crippen LogP contribution in [0.2, 0.25) is 10.0 Å². The number of amides is 2. The molecule has 2 aromatic rings. The number of benzene rings is 2. The summed E-state index contributed by atoms with van der Waals surface area (Å²) in [5.74, 6) is 0.0148. The van der Waals surface area contributed by atoms with Crippen LogP contribution in [0.15, 0.2) is 48.5 Å². The number of nitrogens with one attached hydrogen (secondary N) is 1. The van der Waals surface area contributed by atoms with Crippen LogP contribution in [0.4, 0.5) is 0 Å². The van der Waals surface area contributed by atoms with Crippen LogP contribution in [0.25, 0.3) is 0 Å². The number of hydrogen-bond acceptors (Lipinski definition) is 2. The van der Waals surface area contributed by atoms with Gasteiger partial charge in [0.05, 0.1) is 5.41 Å². The zero-order valence-corrected chi connectivity index (χ0v) is 21.3. The molecule has 7 heteroatoms. The molecule has 1 N–H and O–H groups in total. The first-order valence-electron chi connectivity index (χ1n) is 10.7. The number of rotatable bonds is 10. The average molecular weight is 498 g/mol. The molecule has 2 rings (SSSR count). The molecular formula is C25H31Cl3N2O2. The molecule has 174 valence electrons. The van der Waals surface area contributed by atoms with Crippen LogP contribution in [0.5, 0.6) is 0 Å². The van der Waals surface area contributed by atoms with Gasteiger partial charge in [-0.25, -0.2) is 0 Å². The zero-order valence-electron chi connectivity index (χ0n) is 19.0. The molecule has 0 bridgehead atoms. The van der Waals surface area contributed by atoms with Gasteiger partial charge in [-0.2, -0.15) is 0 Å². The molecule has 0 saturated carbocycles. The van der Waals surface area contributed by atoms with Crippen LogP contribution >= 0.6 is 34.8 Å². The average Bonchev–Trinajstić information content (AvgIpc) is 2.76. The first kappa shape index (κ1) is 26.5. The number of nitrogens with zero attached hydrogens (tertiary/aromatic N) is 1. The summed E-state index contributed by atoms with van der Waals surface area (Å²) >= 11 is 18.1. The number of carbonyl (C=O) groups excluding carboxylic acids is 2. The first-order valence-corrected chi connectivity index (χ1v) is 12.0. The molecule has 0 aliphatic heterocycles. The van der Waals surface area contributed by atoms with Crippen molar-refractivity contribution in [3.63, 3.8) is 0 Å². The first-order chi connectivity index (χ1) is 15.0. The van der Waals surface area contributed by atoms with Crippen molar-refractivity contribution in [3.05, 3.63) is 69.7 Å². The minimum atomic E-state index is -0.806. The molecule has 4 nitrogen and oxygen atoms in total. The fourth-order valence-electron chi connectivity index (χ4n) is 3.29.